The number of anilines is 1. The van der Waals surface area contributed by atoms with Crippen molar-refractivity contribution >= 4 is 29.2 Å². The van der Waals surface area contributed by atoms with Crippen molar-refractivity contribution in [3.05, 3.63) is 58.9 Å². The van der Waals surface area contributed by atoms with Crippen LogP contribution in [0.1, 0.15) is 22.1 Å². The Morgan fingerprint density at radius 1 is 1.24 bits per heavy atom. The number of aromatic nitrogens is 1. The van der Waals surface area contributed by atoms with Crippen LogP contribution in [0.25, 0.3) is 0 Å². The summed E-state index contributed by atoms with van der Waals surface area (Å²) in [6.07, 6.45) is 1.40. The third-order valence-corrected chi connectivity index (χ3v) is 3.14. The summed E-state index contributed by atoms with van der Waals surface area (Å²) in [6, 6.07) is 8.19. The SMILES string of the molecule is Nc1cccnc1C(=O)N[C@@H](C(=O)O)c1ccccc1Cl. The van der Waals surface area contributed by atoms with Crippen molar-refractivity contribution in [2.24, 2.45) is 0 Å². The van der Waals surface area contributed by atoms with Gasteiger partial charge in [-0.25, -0.2) is 9.78 Å². The zero-order chi connectivity index (χ0) is 15.4. The van der Waals surface area contributed by atoms with Crippen LogP contribution in [0.15, 0.2) is 42.6 Å². The molecule has 0 aliphatic rings. The molecule has 4 N–H and O–H groups in total. The summed E-state index contributed by atoms with van der Waals surface area (Å²) in [5.41, 5.74) is 6.07. The molecule has 0 aliphatic heterocycles. The predicted octanol–water partition coefficient (Wildman–Crippen LogP) is 1.87. The maximum absolute atomic E-state index is 12.1. The number of nitrogens with zero attached hydrogens (tertiary/aromatic N) is 1. The van der Waals surface area contributed by atoms with Crippen molar-refractivity contribution in [3.63, 3.8) is 0 Å². The predicted molar refractivity (Wildman–Crippen MR) is 77.9 cm³/mol. The molecular formula is C14H12ClN3O3. The van der Waals surface area contributed by atoms with Crippen LogP contribution in [0.4, 0.5) is 5.69 Å². The Morgan fingerprint density at radius 3 is 2.57 bits per heavy atom. The second-order valence-corrected chi connectivity index (χ2v) is 4.61. The lowest BCUT2D eigenvalue weighted by Gasteiger charge is -2.16. The summed E-state index contributed by atoms with van der Waals surface area (Å²) in [5.74, 6) is -1.91. The summed E-state index contributed by atoms with van der Waals surface area (Å²) in [7, 11) is 0. The summed E-state index contributed by atoms with van der Waals surface area (Å²) < 4.78 is 0. The molecule has 0 spiro atoms. The van der Waals surface area contributed by atoms with Gasteiger partial charge in [0.05, 0.1) is 5.69 Å². The van der Waals surface area contributed by atoms with Crippen molar-refractivity contribution in [1.29, 1.82) is 0 Å². The summed E-state index contributed by atoms with van der Waals surface area (Å²) >= 11 is 5.97. The molecule has 0 bridgehead atoms. The van der Waals surface area contributed by atoms with Crippen LogP contribution >= 0.6 is 11.6 Å². The maximum atomic E-state index is 12.1. The van der Waals surface area contributed by atoms with Gasteiger partial charge in [0.1, 0.15) is 0 Å². The quantitative estimate of drug-likeness (QED) is 0.799. The van der Waals surface area contributed by atoms with Gasteiger partial charge in [-0.3, -0.25) is 4.79 Å². The van der Waals surface area contributed by atoms with E-state index in [1.807, 2.05) is 0 Å². The number of aliphatic carboxylic acids is 1. The average molecular weight is 306 g/mol. The van der Waals surface area contributed by atoms with Crippen LogP contribution in [0.5, 0.6) is 0 Å². The Kier molecular flexibility index (Phi) is 4.39. The number of carbonyl (C=O) groups is 2. The number of nitrogens with two attached hydrogens (primary N) is 1. The third kappa shape index (κ3) is 3.29. The van der Waals surface area contributed by atoms with Gasteiger partial charge in [-0.1, -0.05) is 29.8 Å². The second kappa shape index (κ2) is 6.23. The molecule has 0 aliphatic carbocycles. The number of nitrogen functional groups attached to an aromatic ring is 1. The third-order valence-electron chi connectivity index (χ3n) is 2.79. The zero-order valence-corrected chi connectivity index (χ0v) is 11.5. The monoisotopic (exact) mass is 305 g/mol. The largest absolute Gasteiger partial charge is 0.479 e. The minimum Gasteiger partial charge on any atom is -0.479 e. The minimum absolute atomic E-state index is 0.0317. The molecule has 1 aromatic carbocycles. The number of carbonyl (C=O) groups excluding carboxylic acids is 1. The van der Waals surface area contributed by atoms with E-state index in [1.165, 1.54) is 18.3 Å². The number of hydrogen-bond acceptors (Lipinski definition) is 4. The smallest absolute Gasteiger partial charge is 0.330 e. The first-order valence-electron chi connectivity index (χ1n) is 5.99. The summed E-state index contributed by atoms with van der Waals surface area (Å²) in [5, 5.41) is 11.9. The Balaban J connectivity index is 2.30. The lowest BCUT2D eigenvalue weighted by molar-refractivity contribution is -0.139. The van der Waals surface area contributed by atoms with Crippen molar-refractivity contribution in [2.45, 2.75) is 6.04 Å². The van der Waals surface area contributed by atoms with Crippen molar-refractivity contribution < 1.29 is 14.7 Å². The Labute approximate surface area is 125 Å². The standard InChI is InChI=1S/C14H12ClN3O3/c15-9-5-2-1-4-8(9)11(14(20)21)18-13(19)12-10(16)6-3-7-17-12/h1-7,11H,16H2,(H,18,19)(H,20,21)/t11-/m1/s1. The number of carboxylic acid groups (broad SMARTS) is 1. The average Bonchev–Trinajstić information content (AvgIpc) is 2.45. The van der Waals surface area contributed by atoms with Crippen LogP contribution in [0.3, 0.4) is 0 Å². The fourth-order valence-corrected chi connectivity index (χ4v) is 2.03. The molecule has 2 aromatic rings. The number of nitrogens with one attached hydrogen (secondary N) is 1. The van der Waals surface area contributed by atoms with E-state index in [4.69, 9.17) is 17.3 Å². The fourth-order valence-electron chi connectivity index (χ4n) is 1.79. The number of amides is 1. The first-order valence-corrected chi connectivity index (χ1v) is 6.37. The maximum Gasteiger partial charge on any atom is 0.330 e. The number of rotatable bonds is 4. The van der Waals surface area contributed by atoms with Crippen molar-refractivity contribution in [3.8, 4) is 0 Å². The fraction of sp³-hybridized carbons (Fsp3) is 0.0714. The zero-order valence-electron chi connectivity index (χ0n) is 10.8. The van der Waals surface area contributed by atoms with E-state index in [2.05, 4.69) is 10.3 Å². The molecule has 2 rings (SSSR count). The molecule has 0 unspecified atom stereocenters. The number of halogens is 1. The van der Waals surface area contributed by atoms with Crippen molar-refractivity contribution in [1.82, 2.24) is 10.3 Å². The first-order chi connectivity index (χ1) is 10.0. The van der Waals surface area contributed by atoms with Crippen LogP contribution in [-0.4, -0.2) is 22.0 Å². The topological polar surface area (TPSA) is 105 Å². The molecule has 1 amide bonds. The van der Waals surface area contributed by atoms with E-state index in [9.17, 15) is 14.7 Å². The summed E-state index contributed by atoms with van der Waals surface area (Å²) in [4.78, 5) is 27.3. The highest BCUT2D eigenvalue weighted by Crippen LogP contribution is 2.23. The van der Waals surface area contributed by atoms with Crippen LogP contribution in [0, 0.1) is 0 Å². The highest BCUT2D eigenvalue weighted by molar-refractivity contribution is 6.31. The van der Waals surface area contributed by atoms with E-state index in [1.54, 1.807) is 24.3 Å². The van der Waals surface area contributed by atoms with Crippen LogP contribution < -0.4 is 11.1 Å². The first kappa shape index (κ1) is 14.8. The molecular weight excluding hydrogens is 294 g/mol. The van der Waals surface area contributed by atoms with E-state index >= 15 is 0 Å². The molecule has 0 saturated carbocycles. The van der Waals surface area contributed by atoms with E-state index < -0.39 is 17.9 Å². The molecule has 21 heavy (non-hydrogen) atoms. The molecule has 0 radical (unpaired) electrons. The molecule has 1 aromatic heterocycles. The normalized spacial score (nSPS) is 11.7. The molecule has 108 valence electrons. The highest BCUT2D eigenvalue weighted by atomic mass is 35.5. The number of benzene rings is 1. The molecule has 1 heterocycles. The van der Waals surface area contributed by atoms with Crippen LogP contribution in [-0.2, 0) is 4.79 Å². The minimum atomic E-state index is -1.28. The van der Waals surface area contributed by atoms with Gasteiger partial charge in [0.15, 0.2) is 11.7 Å². The Bertz CT molecular complexity index is 691. The Morgan fingerprint density at radius 2 is 1.95 bits per heavy atom. The Hall–Kier alpha value is -2.60. The van der Waals surface area contributed by atoms with Gasteiger partial charge in [-0.15, -0.1) is 0 Å². The lowest BCUT2D eigenvalue weighted by atomic mass is 10.1. The summed E-state index contributed by atoms with van der Waals surface area (Å²) in [6.45, 7) is 0. The molecule has 6 nitrogen and oxygen atoms in total. The second-order valence-electron chi connectivity index (χ2n) is 4.21. The number of carboxylic acids is 1. The van der Waals surface area contributed by atoms with E-state index in [0.717, 1.165) is 0 Å². The molecule has 0 saturated heterocycles. The van der Waals surface area contributed by atoms with Gasteiger partial charge in [0.25, 0.3) is 5.91 Å². The van der Waals surface area contributed by atoms with E-state index in [-0.39, 0.29) is 22.0 Å². The van der Waals surface area contributed by atoms with Crippen LogP contribution in [0.2, 0.25) is 5.02 Å². The number of hydrogen-bond donors (Lipinski definition) is 3. The van der Waals surface area contributed by atoms with Gasteiger partial charge < -0.3 is 16.2 Å². The van der Waals surface area contributed by atoms with Crippen molar-refractivity contribution in [2.75, 3.05) is 5.73 Å². The lowest BCUT2D eigenvalue weighted by Crippen LogP contribution is -2.34. The van der Waals surface area contributed by atoms with Gasteiger partial charge in [-0.05, 0) is 18.2 Å². The highest BCUT2D eigenvalue weighted by Gasteiger charge is 2.25. The molecule has 0 fully saturated rings. The molecule has 7 heteroatoms. The van der Waals surface area contributed by atoms with Gasteiger partial charge >= 0.3 is 5.97 Å². The van der Waals surface area contributed by atoms with Gasteiger partial charge in [0, 0.05) is 16.8 Å². The van der Waals surface area contributed by atoms with Gasteiger partial charge in [-0.2, -0.15) is 0 Å². The number of pyridine rings is 1. The molecule has 1 atom stereocenters. The van der Waals surface area contributed by atoms with Gasteiger partial charge in [0.2, 0.25) is 0 Å². The van der Waals surface area contributed by atoms with E-state index in [0.29, 0.717) is 0 Å².